The molecule has 6 aromatic heterocycles. The quantitative estimate of drug-likeness (QED) is 0.125. The minimum Gasteiger partial charge on any atom is -0.438 e. The zero-order valence-electron chi connectivity index (χ0n) is 29.4. The largest absolute Gasteiger partial charge is 0.498 e. The van der Waals surface area contributed by atoms with Gasteiger partial charge in [0.1, 0.15) is 15.8 Å². The van der Waals surface area contributed by atoms with Gasteiger partial charge >= 0.3 is 7.12 Å². The first kappa shape index (κ1) is 41.2. The van der Waals surface area contributed by atoms with Crippen LogP contribution in [0.25, 0.3) is 55.4 Å². The third-order valence-corrected chi connectivity index (χ3v) is 11.1. The number of aryl methyl sites for hydroxylation is 2. The maximum atomic E-state index is 6.18. The van der Waals surface area contributed by atoms with E-state index < -0.39 is 7.12 Å². The molecular weight excluding hydrogens is 875 g/mol. The summed E-state index contributed by atoms with van der Waals surface area (Å²) < 4.78 is 27.2. The van der Waals surface area contributed by atoms with E-state index in [1.165, 1.54) is 5.56 Å². The third-order valence-electron chi connectivity index (χ3n) is 9.29. The van der Waals surface area contributed by atoms with Gasteiger partial charge in [-0.2, -0.15) is 0 Å². The molecule has 0 unspecified atom stereocenters. The summed E-state index contributed by atoms with van der Waals surface area (Å²) in [7, 11) is -0.462. The van der Waals surface area contributed by atoms with E-state index in [0.717, 1.165) is 68.5 Å². The smallest absolute Gasteiger partial charge is 0.438 e. The van der Waals surface area contributed by atoms with Crippen LogP contribution in [0.5, 0.6) is 0 Å². The van der Waals surface area contributed by atoms with Crippen LogP contribution < -0.4 is 5.46 Å². The molecule has 54 heavy (non-hydrogen) atoms. The van der Waals surface area contributed by atoms with E-state index in [0.29, 0.717) is 11.4 Å². The van der Waals surface area contributed by atoms with Crippen LogP contribution in [0.3, 0.4) is 0 Å². The number of hydrogen-bond donors (Lipinski definition) is 0. The minimum atomic E-state index is -0.462. The topological polar surface area (TPSA) is 96.3 Å². The number of pyridine rings is 4. The molecule has 0 spiro atoms. The monoisotopic (exact) mass is 914 g/mol. The summed E-state index contributed by atoms with van der Waals surface area (Å²) in [6.07, 6.45) is 7.16. The van der Waals surface area contributed by atoms with Crippen LogP contribution in [0, 0.1) is 13.8 Å². The molecule has 7 heterocycles. The predicted molar refractivity (Wildman–Crippen MR) is 232 cm³/mol. The maximum absolute atomic E-state index is 6.18. The molecule has 1 fully saturated rings. The lowest BCUT2D eigenvalue weighted by molar-refractivity contribution is 0.00578. The predicted octanol–water partition coefficient (Wildman–Crippen LogP) is 12.6. The Morgan fingerprint density at radius 1 is 0.574 bits per heavy atom. The second-order valence-electron chi connectivity index (χ2n) is 13.5. The summed E-state index contributed by atoms with van der Waals surface area (Å²) in [4.78, 5) is 17.1. The highest BCUT2D eigenvalue weighted by atomic mass is 79.9. The van der Waals surface area contributed by atoms with E-state index >= 15 is 0 Å². The highest BCUT2D eigenvalue weighted by Gasteiger charge is 2.52. The maximum Gasteiger partial charge on any atom is 0.498 e. The molecule has 8 aromatic rings. The van der Waals surface area contributed by atoms with Crippen LogP contribution in [0.2, 0.25) is 0 Å². The number of halogens is 3. The second kappa shape index (κ2) is 16.4. The van der Waals surface area contributed by atoms with Gasteiger partial charge in [-0.25, -0.2) is 15.0 Å². The van der Waals surface area contributed by atoms with Crippen molar-refractivity contribution in [3.05, 3.63) is 122 Å². The molecule has 12 heteroatoms. The molecule has 278 valence electrons. The lowest BCUT2D eigenvalue weighted by atomic mass is 9.78. The molecule has 0 N–H and O–H groups in total. The van der Waals surface area contributed by atoms with Crippen molar-refractivity contribution in [1.29, 1.82) is 0 Å². The molecule has 1 saturated heterocycles. The van der Waals surface area contributed by atoms with E-state index in [1.807, 2.05) is 121 Å². The van der Waals surface area contributed by atoms with Gasteiger partial charge in [0.15, 0.2) is 0 Å². The molecule has 0 radical (unpaired) electrons. The fourth-order valence-corrected chi connectivity index (χ4v) is 7.09. The number of rotatable bonds is 2. The van der Waals surface area contributed by atoms with Crippen molar-refractivity contribution >= 4 is 105 Å². The van der Waals surface area contributed by atoms with E-state index in [-0.39, 0.29) is 26.1 Å². The van der Waals surface area contributed by atoms with Crippen LogP contribution in [0.15, 0.2) is 120 Å². The molecule has 2 aromatic carbocycles. The van der Waals surface area contributed by atoms with Crippen LogP contribution in [-0.2, 0) is 9.31 Å². The Balaban J connectivity index is 0.000000168. The number of furan rings is 2. The molecule has 0 saturated carbocycles. The zero-order chi connectivity index (χ0) is 36.8. The van der Waals surface area contributed by atoms with Gasteiger partial charge in [-0.3, -0.25) is 4.98 Å². The Kier molecular flexibility index (Phi) is 12.5. The van der Waals surface area contributed by atoms with Crippen molar-refractivity contribution in [3.63, 3.8) is 0 Å². The van der Waals surface area contributed by atoms with Crippen LogP contribution >= 0.6 is 47.8 Å². The number of benzene rings is 2. The number of fused-ring (bicyclic) bond motifs is 6. The highest BCUT2D eigenvalue weighted by molar-refractivity contribution is 9.11. The molecule has 8 nitrogen and oxygen atoms in total. The Hall–Kier alpha value is -3.94. The standard InChI is InChI=1S/C17H17BBrNO3.C17H11BrN2O.C6H6BrN.2CH4/c1-16(2)17(3,4)23-18(22-16)11-7-8-12(19)13-10-6-5-9-20-15(10)21-14(11)13;1-10-4-7-14(20-9-10)11-5-6-13(18)15-12-3-2-8-19-17(12)21-16(11)15;1-5-2-3-6(7)8-4-5;;/h5-9H,1-4H3;2-9H,1H3;2-4H,1H3;2*1H4. The number of nitrogens with zero attached hydrogens (tertiary/aromatic N) is 4. The Morgan fingerprint density at radius 2 is 1.09 bits per heavy atom. The number of aromatic nitrogens is 4. The average molecular weight is 917 g/mol. The Bertz CT molecular complexity index is 2520. The van der Waals surface area contributed by atoms with E-state index in [1.54, 1.807) is 12.4 Å². The summed E-state index contributed by atoms with van der Waals surface area (Å²) in [5.41, 5.74) is 7.15. The molecule has 0 atom stereocenters. The van der Waals surface area contributed by atoms with E-state index in [4.69, 9.17) is 18.1 Å². The first-order chi connectivity index (χ1) is 24.8. The van der Waals surface area contributed by atoms with Crippen molar-refractivity contribution in [2.75, 3.05) is 0 Å². The van der Waals surface area contributed by atoms with Crippen molar-refractivity contribution in [2.45, 2.75) is 67.6 Å². The van der Waals surface area contributed by atoms with Crippen molar-refractivity contribution in [1.82, 2.24) is 19.9 Å². The van der Waals surface area contributed by atoms with Crippen molar-refractivity contribution in [3.8, 4) is 11.3 Å². The van der Waals surface area contributed by atoms with Gasteiger partial charge in [0.05, 0.1) is 16.9 Å². The van der Waals surface area contributed by atoms with E-state index in [2.05, 4.69) is 73.8 Å². The summed E-state index contributed by atoms with van der Waals surface area (Å²) >= 11 is 10.5. The van der Waals surface area contributed by atoms with E-state index in [9.17, 15) is 0 Å². The molecular formula is C42H42BBr3N4O4. The van der Waals surface area contributed by atoms with Gasteiger partial charge in [0, 0.05) is 66.3 Å². The fourth-order valence-electron chi connectivity index (χ4n) is 5.80. The molecule has 1 aliphatic heterocycles. The highest BCUT2D eigenvalue weighted by Crippen LogP contribution is 2.40. The summed E-state index contributed by atoms with van der Waals surface area (Å²) in [6.45, 7) is 12.2. The number of hydrogen-bond acceptors (Lipinski definition) is 8. The first-order valence-corrected chi connectivity index (χ1v) is 19.0. The molecule has 0 aliphatic carbocycles. The molecule has 0 bridgehead atoms. The zero-order valence-corrected chi connectivity index (χ0v) is 34.1. The third kappa shape index (κ3) is 8.04. The lowest BCUT2D eigenvalue weighted by Gasteiger charge is -2.32. The second-order valence-corrected chi connectivity index (χ2v) is 16.0. The Morgan fingerprint density at radius 3 is 1.61 bits per heavy atom. The fraction of sp³-hybridized carbons (Fsp3) is 0.238. The van der Waals surface area contributed by atoms with Crippen molar-refractivity contribution in [2.24, 2.45) is 0 Å². The summed E-state index contributed by atoms with van der Waals surface area (Å²) in [5.74, 6) is 0. The minimum absolute atomic E-state index is 0. The normalized spacial score (nSPS) is 14.2. The van der Waals surface area contributed by atoms with Gasteiger partial charge < -0.3 is 18.1 Å². The lowest BCUT2D eigenvalue weighted by Crippen LogP contribution is -2.41. The molecule has 0 amide bonds. The van der Waals surface area contributed by atoms with Gasteiger partial charge in [0.25, 0.3) is 0 Å². The first-order valence-electron chi connectivity index (χ1n) is 16.6. The summed E-state index contributed by atoms with van der Waals surface area (Å²) in [6, 6.07) is 23.9. The molecule has 1 aliphatic rings. The Labute approximate surface area is 341 Å². The van der Waals surface area contributed by atoms with Crippen LogP contribution in [0.1, 0.15) is 53.7 Å². The van der Waals surface area contributed by atoms with Crippen molar-refractivity contribution < 1.29 is 18.1 Å². The van der Waals surface area contributed by atoms with Gasteiger partial charge in [-0.05, 0) is 123 Å². The molecule has 9 rings (SSSR count). The van der Waals surface area contributed by atoms with Crippen LogP contribution in [-0.4, -0.2) is 38.3 Å². The van der Waals surface area contributed by atoms with Gasteiger partial charge in [-0.1, -0.05) is 64.9 Å². The van der Waals surface area contributed by atoms with Gasteiger partial charge in [0.2, 0.25) is 11.4 Å². The van der Waals surface area contributed by atoms with Crippen LogP contribution in [0.4, 0.5) is 0 Å². The average Bonchev–Trinajstić information content (AvgIpc) is 3.77. The SMILES string of the molecule is C.C.CC1(C)OB(c2ccc(Br)c3c2oc2ncccc23)OC1(C)C.Cc1ccc(-c2ccc(Br)c3c2oc2ncccc23)nc1.Cc1ccc(Br)nc1. The van der Waals surface area contributed by atoms with Gasteiger partial charge in [-0.15, -0.1) is 0 Å². The summed E-state index contributed by atoms with van der Waals surface area (Å²) in [5, 5.41) is 4.03.